The van der Waals surface area contributed by atoms with Gasteiger partial charge in [0.15, 0.2) is 0 Å². The van der Waals surface area contributed by atoms with Gasteiger partial charge in [-0.25, -0.2) is 4.98 Å². The Balaban J connectivity index is 2.14. The van der Waals surface area contributed by atoms with Gasteiger partial charge in [0.2, 0.25) is 0 Å². The number of pyridine rings is 1. The molecule has 0 amide bonds. The van der Waals surface area contributed by atoms with Crippen LogP contribution in [0.1, 0.15) is 0 Å². The van der Waals surface area contributed by atoms with E-state index in [1.165, 1.54) is 6.20 Å². The molecule has 90 valence electrons. The normalized spacial score (nSPS) is 11.4. The Morgan fingerprint density at radius 1 is 1.38 bits per heavy atom. The number of halogens is 3. The van der Waals surface area contributed by atoms with E-state index in [0.29, 0.717) is 11.5 Å². The predicted molar refractivity (Wildman–Crippen MR) is 54.0 cm³/mol. The maximum Gasteiger partial charge on any atom is 0.411 e. The second-order valence-corrected chi connectivity index (χ2v) is 3.07. The molecular formula is C9H12F3N3O. The van der Waals surface area contributed by atoms with Gasteiger partial charge in [0.05, 0.1) is 18.5 Å². The highest BCUT2D eigenvalue weighted by molar-refractivity contribution is 5.45. The minimum Gasteiger partial charge on any atom is -0.384 e. The van der Waals surface area contributed by atoms with Crippen LogP contribution >= 0.6 is 0 Å². The molecule has 0 aliphatic rings. The van der Waals surface area contributed by atoms with Crippen LogP contribution in [0, 0.1) is 0 Å². The second kappa shape index (κ2) is 5.55. The van der Waals surface area contributed by atoms with Crippen LogP contribution in [-0.2, 0) is 4.74 Å². The zero-order chi connectivity index (χ0) is 12.0. The van der Waals surface area contributed by atoms with E-state index in [1.807, 2.05) is 0 Å². The molecule has 1 aromatic heterocycles. The Hall–Kier alpha value is -1.50. The van der Waals surface area contributed by atoms with Crippen LogP contribution in [0.3, 0.4) is 0 Å². The van der Waals surface area contributed by atoms with Gasteiger partial charge < -0.3 is 15.8 Å². The van der Waals surface area contributed by atoms with Crippen molar-refractivity contribution in [2.45, 2.75) is 6.18 Å². The van der Waals surface area contributed by atoms with Crippen molar-refractivity contribution >= 4 is 11.5 Å². The fourth-order valence-electron chi connectivity index (χ4n) is 0.965. The summed E-state index contributed by atoms with van der Waals surface area (Å²) in [5.41, 5.74) is 6.05. The summed E-state index contributed by atoms with van der Waals surface area (Å²) in [6, 6.07) is 3.28. The van der Waals surface area contributed by atoms with E-state index in [-0.39, 0.29) is 13.2 Å². The van der Waals surface area contributed by atoms with Crippen molar-refractivity contribution < 1.29 is 17.9 Å². The number of nitrogens with two attached hydrogens (primary N) is 1. The number of rotatable bonds is 5. The molecule has 0 fully saturated rings. The van der Waals surface area contributed by atoms with Gasteiger partial charge in [-0.1, -0.05) is 0 Å². The summed E-state index contributed by atoms with van der Waals surface area (Å²) in [5, 5.41) is 2.85. The van der Waals surface area contributed by atoms with Crippen LogP contribution in [0.4, 0.5) is 24.7 Å². The van der Waals surface area contributed by atoms with Crippen LogP contribution in [0.2, 0.25) is 0 Å². The number of nitrogens with one attached hydrogen (secondary N) is 1. The average molecular weight is 235 g/mol. The summed E-state index contributed by atoms with van der Waals surface area (Å²) in [7, 11) is 0. The standard InChI is InChI=1S/C9H12F3N3O/c10-9(11,12)6-16-4-3-14-7-1-2-8(13)15-5-7/h1-2,5,14H,3-4,6H2,(H2,13,15). The maximum atomic E-state index is 11.7. The van der Waals surface area contributed by atoms with Crippen molar-refractivity contribution in [1.82, 2.24) is 4.98 Å². The van der Waals surface area contributed by atoms with Crippen molar-refractivity contribution in [3.63, 3.8) is 0 Å². The van der Waals surface area contributed by atoms with Crippen LogP contribution < -0.4 is 11.1 Å². The van der Waals surface area contributed by atoms with E-state index in [9.17, 15) is 13.2 Å². The summed E-state index contributed by atoms with van der Waals surface area (Å²) < 4.78 is 39.5. The molecule has 7 heteroatoms. The summed E-state index contributed by atoms with van der Waals surface area (Å²) in [5.74, 6) is 0.388. The molecule has 0 saturated heterocycles. The molecule has 0 unspecified atom stereocenters. The number of hydrogen-bond donors (Lipinski definition) is 2. The minimum absolute atomic E-state index is 0.0239. The third-order valence-corrected chi connectivity index (χ3v) is 1.63. The molecule has 0 aliphatic carbocycles. The highest BCUT2D eigenvalue weighted by Crippen LogP contribution is 2.14. The lowest BCUT2D eigenvalue weighted by Gasteiger charge is -2.09. The summed E-state index contributed by atoms with van der Waals surface area (Å²) in [6.07, 6.45) is -2.78. The highest BCUT2D eigenvalue weighted by Gasteiger charge is 2.27. The third-order valence-electron chi connectivity index (χ3n) is 1.63. The fourth-order valence-corrected chi connectivity index (χ4v) is 0.965. The molecule has 0 saturated carbocycles. The largest absolute Gasteiger partial charge is 0.411 e. The monoisotopic (exact) mass is 235 g/mol. The first-order valence-electron chi connectivity index (χ1n) is 4.57. The smallest absolute Gasteiger partial charge is 0.384 e. The van der Waals surface area contributed by atoms with Crippen molar-refractivity contribution in [2.24, 2.45) is 0 Å². The summed E-state index contributed by atoms with van der Waals surface area (Å²) in [6.45, 7) is -0.972. The molecule has 0 aliphatic heterocycles. The first-order valence-corrected chi connectivity index (χ1v) is 4.57. The van der Waals surface area contributed by atoms with Gasteiger partial charge in [0, 0.05) is 6.54 Å². The zero-order valence-electron chi connectivity index (χ0n) is 8.42. The average Bonchev–Trinajstić information content (AvgIpc) is 2.19. The lowest BCUT2D eigenvalue weighted by molar-refractivity contribution is -0.172. The van der Waals surface area contributed by atoms with Gasteiger partial charge in [-0.2, -0.15) is 13.2 Å². The maximum absolute atomic E-state index is 11.7. The van der Waals surface area contributed by atoms with Crippen LogP contribution in [0.15, 0.2) is 18.3 Å². The quantitative estimate of drug-likeness (QED) is 0.762. The molecule has 4 nitrogen and oxygen atoms in total. The van der Waals surface area contributed by atoms with E-state index < -0.39 is 12.8 Å². The Bertz CT molecular complexity index is 313. The third kappa shape index (κ3) is 5.40. The van der Waals surface area contributed by atoms with E-state index >= 15 is 0 Å². The van der Waals surface area contributed by atoms with Crippen molar-refractivity contribution in [2.75, 3.05) is 30.8 Å². The van der Waals surface area contributed by atoms with Gasteiger partial charge >= 0.3 is 6.18 Å². The predicted octanol–water partition coefficient (Wildman–Crippen LogP) is 1.65. The van der Waals surface area contributed by atoms with Crippen molar-refractivity contribution in [3.05, 3.63) is 18.3 Å². The Morgan fingerprint density at radius 2 is 2.12 bits per heavy atom. The molecular weight excluding hydrogens is 223 g/mol. The highest BCUT2D eigenvalue weighted by atomic mass is 19.4. The van der Waals surface area contributed by atoms with E-state index in [1.54, 1.807) is 12.1 Å². The molecule has 3 N–H and O–H groups in total. The molecule has 0 atom stereocenters. The second-order valence-electron chi connectivity index (χ2n) is 3.07. The fraction of sp³-hybridized carbons (Fsp3) is 0.444. The van der Waals surface area contributed by atoms with Gasteiger partial charge in [-0.15, -0.1) is 0 Å². The number of anilines is 2. The molecule has 1 heterocycles. The first kappa shape index (κ1) is 12.6. The van der Waals surface area contributed by atoms with Crippen LogP contribution in [0.5, 0.6) is 0 Å². The summed E-state index contributed by atoms with van der Waals surface area (Å²) >= 11 is 0. The van der Waals surface area contributed by atoms with Crippen LogP contribution in [-0.4, -0.2) is 30.9 Å². The Morgan fingerprint density at radius 3 is 2.69 bits per heavy atom. The SMILES string of the molecule is Nc1ccc(NCCOCC(F)(F)F)cn1. The molecule has 0 aromatic carbocycles. The summed E-state index contributed by atoms with van der Waals surface area (Å²) in [4.78, 5) is 3.81. The molecule has 0 radical (unpaired) electrons. The zero-order valence-corrected chi connectivity index (χ0v) is 8.42. The number of alkyl halides is 3. The van der Waals surface area contributed by atoms with E-state index in [4.69, 9.17) is 5.73 Å². The van der Waals surface area contributed by atoms with E-state index in [0.717, 1.165) is 0 Å². The number of nitrogen functional groups attached to an aromatic ring is 1. The van der Waals surface area contributed by atoms with Crippen LogP contribution in [0.25, 0.3) is 0 Å². The van der Waals surface area contributed by atoms with Crippen molar-refractivity contribution in [3.8, 4) is 0 Å². The van der Waals surface area contributed by atoms with Crippen molar-refractivity contribution in [1.29, 1.82) is 0 Å². The molecule has 1 rings (SSSR count). The lowest BCUT2D eigenvalue weighted by atomic mass is 10.4. The van der Waals surface area contributed by atoms with Gasteiger partial charge in [0.1, 0.15) is 12.4 Å². The number of nitrogens with zero attached hydrogens (tertiary/aromatic N) is 1. The molecule has 16 heavy (non-hydrogen) atoms. The van der Waals surface area contributed by atoms with E-state index in [2.05, 4.69) is 15.0 Å². The minimum atomic E-state index is -4.28. The number of ether oxygens (including phenoxy) is 1. The van der Waals surface area contributed by atoms with Gasteiger partial charge in [-0.05, 0) is 12.1 Å². The number of hydrogen-bond acceptors (Lipinski definition) is 4. The first-order chi connectivity index (χ1) is 7.47. The molecule has 0 spiro atoms. The lowest BCUT2D eigenvalue weighted by Crippen LogP contribution is -2.20. The molecule has 1 aromatic rings. The molecule has 0 bridgehead atoms. The Labute approximate surface area is 90.6 Å². The van der Waals surface area contributed by atoms with Gasteiger partial charge in [-0.3, -0.25) is 0 Å². The van der Waals surface area contributed by atoms with Gasteiger partial charge in [0.25, 0.3) is 0 Å². The topological polar surface area (TPSA) is 60.2 Å². The number of aromatic nitrogens is 1. The Kier molecular flexibility index (Phi) is 4.36.